The van der Waals surface area contributed by atoms with E-state index < -0.39 is 0 Å². The molecule has 0 radical (unpaired) electrons. The van der Waals surface area contributed by atoms with Crippen LogP contribution in [-0.2, 0) is 6.42 Å². The van der Waals surface area contributed by atoms with E-state index in [1.165, 1.54) is 5.56 Å². The topological polar surface area (TPSA) is 34.1 Å². The second-order valence-corrected chi connectivity index (χ2v) is 4.78. The van der Waals surface area contributed by atoms with Gasteiger partial charge in [-0.3, -0.25) is 4.98 Å². The van der Waals surface area contributed by atoms with Crippen molar-refractivity contribution in [3.05, 3.63) is 59.9 Å². The minimum Gasteiger partial charge on any atom is -0.496 e. The van der Waals surface area contributed by atoms with Gasteiger partial charge in [0.15, 0.2) is 0 Å². The van der Waals surface area contributed by atoms with Crippen molar-refractivity contribution < 1.29 is 4.74 Å². The fraction of sp³-hybridized carbons (Fsp3) is 0.353. The van der Waals surface area contributed by atoms with Gasteiger partial charge in [-0.25, -0.2) is 0 Å². The summed E-state index contributed by atoms with van der Waals surface area (Å²) in [6.45, 7) is 3.15. The van der Waals surface area contributed by atoms with Gasteiger partial charge in [-0.2, -0.15) is 0 Å². The summed E-state index contributed by atoms with van der Waals surface area (Å²) >= 11 is 0. The highest BCUT2D eigenvalue weighted by Crippen LogP contribution is 2.24. The van der Waals surface area contributed by atoms with Crippen molar-refractivity contribution >= 4 is 0 Å². The van der Waals surface area contributed by atoms with Gasteiger partial charge in [-0.05, 0) is 43.1 Å². The van der Waals surface area contributed by atoms with E-state index >= 15 is 0 Å². The molecule has 0 saturated carbocycles. The molecule has 20 heavy (non-hydrogen) atoms. The van der Waals surface area contributed by atoms with E-state index in [1.54, 1.807) is 7.11 Å². The van der Waals surface area contributed by atoms with Crippen LogP contribution >= 0.6 is 0 Å². The monoisotopic (exact) mass is 270 g/mol. The number of para-hydroxylation sites is 1. The molecule has 1 N–H and O–H groups in total. The van der Waals surface area contributed by atoms with Crippen molar-refractivity contribution in [3.8, 4) is 5.75 Å². The Labute approximate surface area is 121 Å². The predicted octanol–water partition coefficient (Wildman–Crippen LogP) is 3.37. The minimum absolute atomic E-state index is 0.215. The van der Waals surface area contributed by atoms with Gasteiger partial charge in [0.05, 0.1) is 18.8 Å². The Hall–Kier alpha value is -1.87. The number of ether oxygens (including phenoxy) is 1. The number of hydrogen-bond acceptors (Lipinski definition) is 3. The molecule has 1 aromatic carbocycles. The molecule has 106 valence electrons. The number of pyridine rings is 1. The van der Waals surface area contributed by atoms with Crippen LogP contribution in [0.1, 0.15) is 30.6 Å². The SMILES string of the molecule is CCCNC(Cc1ccccc1OC)c1ccccn1. The number of rotatable bonds is 7. The molecule has 0 aliphatic carbocycles. The molecule has 3 nitrogen and oxygen atoms in total. The Morgan fingerprint density at radius 3 is 2.65 bits per heavy atom. The number of methoxy groups -OCH3 is 1. The fourth-order valence-corrected chi connectivity index (χ4v) is 2.27. The molecule has 2 rings (SSSR count). The van der Waals surface area contributed by atoms with E-state index in [9.17, 15) is 0 Å². The van der Waals surface area contributed by atoms with Gasteiger partial charge in [0.25, 0.3) is 0 Å². The summed E-state index contributed by atoms with van der Waals surface area (Å²) in [6, 6.07) is 14.4. The van der Waals surface area contributed by atoms with Crippen molar-refractivity contribution in [2.24, 2.45) is 0 Å². The smallest absolute Gasteiger partial charge is 0.122 e. The molecule has 0 spiro atoms. The predicted molar refractivity (Wildman–Crippen MR) is 82.0 cm³/mol. The van der Waals surface area contributed by atoms with Crippen molar-refractivity contribution in [2.75, 3.05) is 13.7 Å². The summed E-state index contributed by atoms with van der Waals surface area (Å²) in [5.41, 5.74) is 2.28. The van der Waals surface area contributed by atoms with E-state index in [1.807, 2.05) is 36.5 Å². The van der Waals surface area contributed by atoms with Crippen LogP contribution in [0.2, 0.25) is 0 Å². The average molecular weight is 270 g/mol. The normalized spacial score (nSPS) is 12.1. The zero-order valence-corrected chi connectivity index (χ0v) is 12.2. The lowest BCUT2D eigenvalue weighted by Crippen LogP contribution is -2.25. The first-order chi connectivity index (χ1) is 9.85. The van der Waals surface area contributed by atoms with E-state index in [0.29, 0.717) is 0 Å². The number of hydrogen-bond donors (Lipinski definition) is 1. The number of nitrogens with one attached hydrogen (secondary N) is 1. The van der Waals surface area contributed by atoms with Gasteiger partial charge in [-0.1, -0.05) is 31.2 Å². The standard InChI is InChI=1S/C17H22N2O/c1-3-11-18-16(15-9-6-7-12-19-15)13-14-8-4-5-10-17(14)20-2/h4-10,12,16,18H,3,11,13H2,1-2H3. The number of benzene rings is 1. The van der Waals surface area contributed by atoms with Gasteiger partial charge >= 0.3 is 0 Å². The lowest BCUT2D eigenvalue weighted by molar-refractivity contribution is 0.404. The Morgan fingerprint density at radius 2 is 1.95 bits per heavy atom. The highest BCUT2D eigenvalue weighted by atomic mass is 16.5. The van der Waals surface area contributed by atoms with E-state index in [2.05, 4.69) is 29.4 Å². The van der Waals surface area contributed by atoms with Gasteiger partial charge in [0, 0.05) is 6.20 Å². The largest absolute Gasteiger partial charge is 0.496 e. The van der Waals surface area contributed by atoms with Crippen LogP contribution in [0.3, 0.4) is 0 Å². The summed E-state index contributed by atoms with van der Waals surface area (Å²) in [5, 5.41) is 3.57. The molecule has 0 fully saturated rings. The van der Waals surface area contributed by atoms with Gasteiger partial charge in [0.1, 0.15) is 5.75 Å². The van der Waals surface area contributed by atoms with Crippen LogP contribution in [0.5, 0.6) is 5.75 Å². The van der Waals surface area contributed by atoms with E-state index in [4.69, 9.17) is 4.74 Å². The molecule has 1 aromatic heterocycles. The zero-order valence-electron chi connectivity index (χ0n) is 12.2. The van der Waals surface area contributed by atoms with Crippen molar-refractivity contribution in [1.29, 1.82) is 0 Å². The molecule has 0 bridgehead atoms. The highest BCUT2D eigenvalue weighted by molar-refractivity contribution is 5.34. The van der Waals surface area contributed by atoms with Crippen LogP contribution in [-0.4, -0.2) is 18.6 Å². The minimum atomic E-state index is 0.215. The van der Waals surface area contributed by atoms with Crippen LogP contribution in [0.15, 0.2) is 48.7 Å². The van der Waals surface area contributed by atoms with Crippen LogP contribution in [0.25, 0.3) is 0 Å². The summed E-state index contributed by atoms with van der Waals surface area (Å²) in [4.78, 5) is 4.48. The first-order valence-corrected chi connectivity index (χ1v) is 7.11. The summed E-state index contributed by atoms with van der Waals surface area (Å²) in [6.07, 6.45) is 3.83. The van der Waals surface area contributed by atoms with Gasteiger partial charge in [0.2, 0.25) is 0 Å². The summed E-state index contributed by atoms with van der Waals surface area (Å²) in [7, 11) is 1.72. The lowest BCUT2D eigenvalue weighted by Gasteiger charge is -2.19. The van der Waals surface area contributed by atoms with Gasteiger partial charge < -0.3 is 10.1 Å². The molecule has 1 atom stereocenters. The Bertz CT molecular complexity index is 513. The van der Waals surface area contributed by atoms with Crippen molar-refractivity contribution in [1.82, 2.24) is 10.3 Å². The second-order valence-electron chi connectivity index (χ2n) is 4.78. The maximum atomic E-state index is 5.44. The quantitative estimate of drug-likeness (QED) is 0.837. The fourth-order valence-electron chi connectivity index (χ4n) is 2.27. The lowest BCUT2D eigenvalue weighted by atomic mass is 10.0. The van der Waals surface area contributed by atoms with E-state index in [0.717, 1.165) is 30.8 Å². The third-order valence-corrected chi connectivity index (χ3v) is 3.30. The summed E-state index contributed by atoms with van der Waals surface area (Å²) in [5.74, 6) is 0.937. The Morgan fingerprint density at radius 1 is 1.15 bits per heavy atom. The van der Waals surface area contributed by atoms with Crippen LogP contribution in [0, 0.1) is 0 Å². The maximum absolute atomic E-state index is 5.44. The van der Waals surface area contributed by atoms with Crippen molar-refractivity contribution in [2.45, 2.75) is 25.8 Å². The first-order valence-electron chi connectivity index (χ1n) is 7.11. The highest BCUT2D eigenvalue weighted by Gasteiger charge is 2.14. The molecular weight excluding hydrogens is 248 g/mol. The van der Waals surface area contributed by atoms with E-state index in [-0.39, 0.29) is 6.04 Å². The third-order valence-electron chi connectivity index (χ3n) is 3.30. The molecule has 0 saturated heterocycles. The molecule has 2 aromatic rings. The Kier molecular flexibility index (Phi) is 5.56. The first kappa shape index (κ1) is 14.5. The maximum Gasteiger partial charge on any atom is 0.122 e. The second kappa shape index (κ2) is 7.65. The van der Waals surface area contributed by atoms with Crippen LogP contribution in [0.4, 0.5) is 0 Å². The Balaban J connectivity index is 2.19. The third kappa shape index (κ3) is 3.81. The zero-order chi connectivity index (χ0) is 14.2. The van der Waals surface area contributed by atoms with Gasteiger partial charge in [-0.15, -0.1) is 0 Å². The molecule has 0 aliphatic heterocycles. The number of nitrogens with zero attached hydrogens (tertiary/aromatic N) is 1. The molecular formula is C17H22N2O. The molecule has 1 unspecified atom stereocenters. The van der Waals surface area contributed by atoms with Crippen LogP contribution < -0.4 is 10.1 Å². The molecule has 0 amide bonds. The average Bonchev–Trinajstić information content (AvgIpc) is 2.52. The molecule has 3 heteroatoms. The summed E-state index contributed by atoms with van der Waals surface area (Å²) < 4.78 is 5.44. The molecule has 0 aliphatic rings. The molecule has 1 heterocycles. The number of aromatic nitrogens is 1. The van der Waals surface area contributed by atoms with Crippen molar-refractivity contribution in [3.63, 3.8) is 0 Å².